The Morgan fingerprint density at radius 1 is 1.12 bits per heavy atom. The first-order valence-electron chi connectivity index (χ1n) is 10.2. The first kappa shape index (κ1) is 21.4. The van der Waals surface area contributed by atoms with Crippen molar-refractivity contribution in [3.8, 4) is 5.75 Å². The molecule has 0 saturated heterocycles. The SMILES string of the molecule is COC(=O)C1=C(C)N=c2s/c(=C\c3c(OC)ccc4ccccc34)c(=O)n2C1c1cccs1. The number of esters is 1. The van der Waals surface area contributed by atoms with Gasteiger partial charge in [0.15, 0.2) is 4.80 Å². The van der Waals surface area contributed by atoms with E-state index in [1.54, 1.807) is 18.6 Å². The summed E-state index contributed by atoms with van der Waals surface area (Å²) in [6.07, 6.45) is 1.85. The van der Waals surface area contributed by atoms with Gasteiger partial charge in [0.1, 0.15) is 11.8 Å². The van der Waals surface area contributed by atoms with Gasteiger partial charge in [-0.15, -0.1) is 11.3 Å². The Morgan fingerprint density at radius 3 is 2.67 bits per heavy atom. The van der Waals surface area contributed by atoms with Crippen molar-refractivity contribution in [3.05, 3.63) is 95.3 Å². The second-order valence-corrected chi connectivity index (χ2v) is 9.48. The summed E-state index contributed by atoms with van der Waals surface area (Å²) < 4.78 is 12.8. The minimum atomic E-state index is -0.578. The van der Waals surface area contributed by atoms with Crippen LogP contribution in [0.25, 0.3) is 16.8 Å². The van der Waals surface area contributed by atoms with Crippen molar-refractivity contribution < 1.29 is 14.3 Å². The zero-order valence-electron chi connectivity index (χ0n) is 18.2. The molecule has 1 atom stereocenters. The van der Waals surface area contributed by atoms with Crippen LogP contribution in [0.3, 0.4) is 0 Å². The van der Waals surface area contributed by atoms with E-state index in [1.807, 2.05) is 60.0 Å². The van der Waals surface area contributed by atoms with E-state index in [-0.39, 0.29) is 5.56 Å². The molecule has 8 heteroatoms. The summed E-state index contributed by atoms with van der Waals surface area (Å²) in [5, 5.41) is 3.97. The molecule has 1 aliphatic rings. The Hall–Kier alpha value is -3.49. The average molecular weight is 477 g/mol. The minimum Gasteiger partial charge on any atom is -0.496 e. The zero-order valence-corrected chi connectivity index (χ0v) is 19.8. The van der Waals surface area contributed by atoms with Crippen molar-refractivity contribution in [1.82, 2.24) is 4.57 Å². The molecule has 2 aromatic heterocycles. The number of nitrogens with zero attached hydrogens (tertiary/aromatic N) is 2. The van der Waals surface area contributed by atoms with Gasteiger partial charge in [0.25, 0.3) is 5.56 Å². The van der Waals surface area contributed by atoms with E-state index in [0.29, 0.717) is 26.4 Å². The molecule has 1 unspecified atom stereocenters. The summed E-state index contributed by atoms with van der Waals surface area (Å²) in [7, 11) is 2.96. The number of methoxy groups -OCH3 is 2. The molecule has 0 bridgehead atoms. The van der Waals surface area contributed by atoms with Gasteiger partial charge in [-0.1, -0.05) is 47.7 Å². The van der Waals surface area contributed by atoms with Crippen LogP contribution in [0.15, 0.2) is 75.0 Å². The van der Waals surface area contributed by atoms with Gasteiger partial charge in [-0.2, -0.15) is 0 Å². The quantitative estimate of drug-likeness (QED) is 0.422. The Morgan fingerprint density at radius 2 is 1.94 bits per heavy atom. The lowest BCUT2D eigenvalue weighted by molar-refractivity contribution is -0.136. The largest absolute Gasteiger partial charge is 0.496 e. The lowest BCUT2D eigenvalue weighted by Gasteiger charge is -2.22. The molecule has 166 valence electrons. The number of carbonyl (C=O) groups is 1. The van der Waals surface area contributed by atoms with Crippen LogP contribution in [0.2, 0.25) is 0 Å². The van der Waals surface area contributed by atoms with Crippen LogP contribution >= 0.6 is 22.7 Å². The molecular formula is C25H20N2O4S2. The van der Waals surface area contributed by atoms with Crippen molar-refractivity contribution >= 4 is 45.5 Å². The third kappa shape index (κ3) is 3.51. The van der Waals surface area contributed by atoms with Crippen LogP contribution in [0.4, 0.5) is 0 Å². The molecule has 0 saturated carbocycles. The fourth-order valence-electron chi connectivity index (χ4n) is 4.14. The third-order valence-electron chi connectivity index (χ3n) is 5.67. The number of hydrogen-bond acceptors (Lipinski definition) is 7. The minimum absolute atomic E-state index is 0.207. The van der Waals surface area contributed by atoms with Crippen LogP contribution in [0.5, 0.6) is 5.75 Å². The predicted octanol–water partition coefficient (Wildman–Crippen LogP) is 3.63. The Kier molecular flexibility index (Phi) is 5.47. The molecule has 1 aliphatic heterocycles. The van der Waals surface area contributed by atoms with E-state index >= 15 is 0 Å². The van der Waals surface area contributed by atoms with Gasteiger partial charge < -0.3 is 9.47 Å². The number of rotatable bonds is 4. The maximum absolute atomic E-state index is 13.7. The van der Waals surface area contributed by atoms with Gasteiger partial charge in [0.05, 0.1) is 30.0 Å². The summed E-state index contributed by atoms with van der Waals surface area (Å²) >= 11 is 2.79. The fourth-order valence-corrected chi connectivity index (χ4v) is 5.99. The molecule has 5 rings (SSSR count). The average Bonchev–Trinajstić information content (AvgIpc) is 3.46. The molecule has 0 fully saturated rings. The Balaban J connectivity index is 1.80. The molecule has 0 radical (unpaired) electrons. The van der Waals surface area contributed by atoms with Crippen molar-refractivity contribution in [2.75, 3.05) is 14.2 Å². The molecule has 0 aliphatic carbocycles. The highest BCUT2D eigenvalue weighted by atomic mass is 32.1. The first-order chi connectivity index (χ1) is 16.0. The van der Waals surface area contributed by atoms with E-state index < -0.39 is 12.0 Å². The third-order valence-corrected chi connectivity index (χ3v) is 7.57. The number of aromatic nitrogens is 1. The molecular weight excluding hydrogens is 456 g/mol. The maximum atomic E-state index is 13.7. The number of ether oxygens (including phenoxy) is 2. The van der Waals surface area contributed by atoms with E-state index in [0.717, 1.165) is 21.2 Å². The van der Waals surface area contributed by atoms with Crippen molar-refractivity contribution in [1.29, 1.82) is 0 Å². The summed E-state index contributed by atoms with van der Waals surface area (Å²) in [5.41, 5.74) is 1.55. The standard InChI is InChI=1S/C25H20N2O4S2/c1-14-21(24(29)31-3)22(19-9-6-12-32-19)27-23(28)20(33-25(27)26-14)13-17-16-8-5-4-7-15(16)10-11-18(17)30-2/h4-13,22H,1-3H3/b20-13-. The van der Waals surface area contributed by atoms with E-state index in [1.165, 1.54) is 29.8 Å². The van der Waals surface area contributed by atoms with Gasteiger partial charge in [-0.05, 0) is 41.3 Å². The van der Waals surface area contributed by atoms with Crippen LogP contribution in [-0.2, 0) is 9.53 Å². The molecule has 0 N–H and O–H groups in total. The second kappa shape index (κ2) is 8.46. The number of thiophene rings is 1. The number of hydrogen-bond donors (Lipinski definition) is 0. The van der Waals surface area contributed by atoms with Crippen LogP contribution in [0.1, 0.15) is 23.4 Å². The van der Waals surface area contributed by atoms with Gasteiger partial charge >= 0.3 is 5.97 Å². The topological polar surface area (TPSA) is 69.9 Å². The van der Waals surface area contributed by atoms with Crippen molar-refractivity contribution in [2.45, 2.75) is 13.0 Å². The summed E-state index contributed by atoms with van der Waals surface area (Å²) in [6.45, 7) is 1.78. The van der Waals surface area contributed by atoms with Crippen molar-refractivity contribution in [2.24, 2.45) is 4.99 Å². The molecule has 0 spiro atoms. The van der Waals surface area contributed by atoms with Crippen molar-refractivity contribution in [3.63, 3.8) is 0 Å². The number of allylic oxidation sites excluding steroid dienone is 1. The second-order valence-electron chi connectivity index (χ2n) is 7.49. The first-order valence-corrected chi connectivity index (χ1v) is 11.9. The number of benzene rings is 2. The summed E-state index contributed by atoms with van der Waals surface area (Å²) in [5.74, 6) is 0.195. The maximum Gasteiger partial charge on any atom is 0.338 e. The smallest absolute Gasteiger partial charge is 0.338 e. The molecule has 4 aromatic rings. The highest BCUT2D eigenvalue weighted by molar-refractivity contribution is 7.10. The Labute approximate surface area is 197 Å². The number of carbonyl (C=O) groups excluding carboxylic acids is 1. The normalized spacial score (nSPS) is 16.0. The van der Waals surface area contributed by atoms with Crippen LogP contribution in [-0.4, -0.2) is 24.8 Å². The van der Waals surface area contributed by atoms with Gasteiger partial charge in [-0.3, -0.25) is 9.36 Å². The van der Waals surface area contributed by atoms with E-state index in [9.17, 15) is 9.59 Å². The molecule has 0 amide bonds. The lowest BCUT2D eigenvalue weighted by atomic mass is 10.0. The molecule has 6 nitrogen and oxygen atoms in total. The summed E-state index contributed by atoms with van der Waals surface area (Å²) in [4.78, 5) is 32.4. The number of thiazole rings is 1. The van der Waals surface area contributed by atoms with E-state index in [2.05, 4.69) is 4.99 Å². The monoisotopic (exact) mass is 476 g/mol. The van der Waals surface area contributed by atoms with Gasteiger partial charge in [0, 0.05) is 10.4 Å². The van der Waals surface area contributed by atoms with Gasteiger partial charge in [-0.25, -0.2) is 9.79 Å². The molecule has 33 heavy (non-hydrogen) atoms. The number of fused-ring (bicyclic) bond motifs is 2. The Bertz CT molecular complexity index is 1590. The fraction of sp³-hybridized carbons (Fsp3) is 0.160. The lowest BCUT2D eigenvalue weighted by Crippen LogP contribution is -2.39. The highest BCUT2D eigenvalue weighted by Gasteiger charge is 2.33. The molecule has 2 aromatic carbocycles. The molecule has 3 heterocycles. The summed E-state index contributed by atoms with van der Waals surface area (Å²) in [6, 6.07) is 15.1. The van der Waals surface area contributed by atoms with Gasteiger partial charge in [0.2, 0.25) is 0 Å². The zero-order chi connectivity index (χ0) is 23.1. The highest BCUT2D eigenvalue weighted by Crippen LogP contribution is 2.33. The van der Waals surface area contributed by atoms with E-state index in [4.69, 9.17) is 9.47 Å². The predicted molar refractivity (Wildman–Crippen MR) is 131 cm³/mol. The van der Waals surface area contributed by atoms with Crippen LogP contribution in [0, 0.1) is 0 Å². The van der Waals surface area contributed by atoms with Crippen LogP contribution < -0.4 is 19.6 Å².